The van der Waals surface area contributed by atoms with Crippen molar-refractivity contribution in [3.8, 4) is 0 Å². The van der Waals surface area contributed by atoms with Crippen molar-refractivity contribution < 1.29 is 14.7 Å². The van der Waals surface area contributed by atoms with Crippen molar-refractivity contribution in [3.63, 3.8) is 0 Å². The van der Waals surface area contributed by atoms with Gasteiger partial charge in [-0.05, 0) is 44.2 Å². The number of benzene rings is 1. The Bertz CT molecular complexity index is 534. The van der Waals surface area contributed by atoms with Crippen LogP contribution in [-0.2, 0) is 4.79 Å². The number of piperidine rings is 1. The predicted octanol–water partition coefficient (Wildman–Crippen LogP) is 2.29. The molecule has 0 saturated carbocycles. The molecule has 2 rings (SSSR count). The topological polar surface area (TPSA) is 83.6 Å². The molecule has 1 aromatic rings. The molecule has 0 aromatic heterocycles. The van der Waals surface area contributed by atoms with E-state index in [0.717, 1.165) is 18.4 Å². The van der Waals surface area contributed by atoms with E-state index in [2.05, 4.69) is 0 Å². The van der Waals surface area contributed by atoms with Crippen molar-refractivity contribution in [1.29, 1.82) is 0 Å². The first-order valence-corrected chi connectivity index (χ1v) is 7.34. The Morgan fingerprint density at radius 2 is 2.00 bits per heavy atom. The summed E-state index contributed by atoms with van der Waals surface area (Å²) in [5.41, 5.74) is 7.99. The van der Waals surface area contributed by atoms with Gasteiger partial charge in [-0.25, -0.2) is 0 Å². The van der Waals surface area contributed by atoms with Crippen LogP contribution >= 0.6 is 0 Å². The molecule has 5 nitrogen and oxygen atoms in total. The third-order valence-electron chi connectivity index (χ3n) is 4.11. The fraction of sp³-hybridized carbons (Fsp3) is 0.500. The van der Waals surface area contributed by atoms with Gasteiger partial charge in [0.1, 0.15) is 0 Å². The quantitative estimate of drug-likeness (QED) is 0.833. The molecule has 1 saturated heterocycles. The third-order valence-corrected chi connectivity index (χ3v) is 4.11. The number of carbonyl (C=O) groups is 2. The molecule has 0 bridgehead atoms. The lowest BCUT2D eigenvalue weighted by Crippen LogP contribution is -2.38. The lowest BCUT2D eigenvalue weighted by atomic mass is 9.92. The summed E-state index contributed by atoms with van der Waals surface area (Å²) in [6.07, 6.45) is 2.64. The maximum absolute atomic E-state index is 12.5. The van der Waals surface area contributed by atoms with Gasteiger partial charge in [-0.2, -0.15) is 0 Å². The molecule has 0 radical (unpaired) electrons. The molecule has 0 spiro atoms. The number of nitrogen functional groups attached to an aromatic ring is 1. The van der Waals surface area contributed by atoms with Crippen molar-refractivity contribution in [2.45, 2.75) is 32.6 Å². The highest BCUT2D eigenvalue weighted by atomic mass is 16.4. The van der Waals surface area contributed by atoms with E-state index in [1.807, 2.05) is 24.0 Å². The number of amides is 1. The highest BCUT2D eigenvalue weighted by molar-refractivity contribution is 5.99. The van der Waals surface area contributed by atoms with Gasteiger partial charge in [0.05, 0.1) is 5.56 Å². The van der Waals surface area contributed by atoms with Crippen LogP contribution in [0.5, 0.6) is 0 Å². The van der Waals surface area contributed by atoms with Crippen LogP contribution < -0.4 is 5.73 Å². The predicted molar refractivity (Wildman–Crippen MR) is 81.1 cm³/mol. The molecule has 1 amide bonds. The number of carboxylic acids is 1. The summed E-state index contributed by atoms with van der Waals surface area (Å²) in [7, 11) is 0. The lowest BCUT2D eigenvalue weighted by molar-refractivity contribution is -0.137. The zero-order valence-corrected chi connectivity index (χ0v) is 12.3. The zero-order chi connectivity index (χ0) is 15.4. The largest absolute Gasteiger partial charge is 0.481 e. The van der Waals surface area contributed by atoms with E-state index in [0.29, 0.717) is 36.7 Å². The maximum Gasteiger partial charge on any atom is 0.303 e. The molecule has 3 N–H and O–H groups in total. The van der Waals surface area contributed by atoms with Crippen LogP contribution in [0.4, 0.5) is 5.69 Å². The number of carbonyl (C=O) groups excluding carboxylic acids is 1. The summed E-state index contributed by atoms with van der Waals surface area (Å²) in [6, 6.07) is 5.49. The number of nitrogens with two attached hydrogens (primary N) is 1. The van der Waals surface area contributed by atoms with Gasteiger partial charge in [0.15, 0.2) is 0 Å². The van der Waals surface area contributed by atoms with Crippen LogP contribution in [0.2, 0.25) is 0 Å². The third kappa shape index (κ3) is 3.97. The Kier molecular flexibility index (Phi) is 4.83. The number of likely N-dealkylation sites (tertiary alicyclic amines) is 1. The summed E-state index contributed by atoms with van der Waals surface area (Å²) in [6.45, 7) is 3.29. The van der Waals surface area contributed by atoms with Gasteiger partial charge in [-0.1, -0.05) is 11.6 Å². The van der Waals surface area contributed by atoms with E-state index in [-0.39, 0.29) is 12.3 Å². The Balaban J connectivity index is 1.94. The number of hydrogen-bond donors (Lipinski definition) is 2. The van der Waals surface area contributed by atoms with Crippen molar-refractivity contribution in [2.75, 3.05) is 18.8 Å². The highest BCUT2D eigenvalue weighted by Crippen LogP contribution is 2.24. The second-order valence-corrected chi connectivity index (χ2v) is 5.76. The summed E-state index contributed by atoms with van der Waals surface area (Å²) in [5.74, 6) is -0.367. The Hall–Kier alpha value is -2.04. The lowest BCUT2D eigenvalue weighted by Gasteiger charge is -2.32. The molecule has 1 fully saturated rings. The molecule has 1 aliphatic rings. The summed E-state index contributed by atoms with van der Waals surface area (Å²) in [4.78, 5) is 24.9. The van der Waals surface area contributed by atoms with Crippen LogP contribution in [0.25, 0.3) is 0 Å². The van der Waals surface area contributed by atoms with Crippen LogP contribution in [0.1, 0.15) is 41.6 Å². The average Bonchev–Trinajstić information content (AvgIpc) is 2.47. The maximum atomic E-state index is 12.5. The molecular formula is C16H22N2O3. The molecule has 0 atom stereocenters. The van der Waals surface area contributed by atoms with E-state index in [9.17, 15) is 9.59 Å². The van der Waals surface area contributed by atoms with Crippen molar-refractivity contribution in [3.05, 3.63) is 29.3 Å². The SMILES string of the molecule is Cc1ccc(N)c(C(=O)N2CCC(CCC(=O)O)CC2)c1. The molecule has 0 aliphatic carbocycles. The number of rotatable bonds is 4. The van der Waals surface area contributed by atoms with Gasteiger partial charge in [0, 0.05) is 25.2 Å². The molecule has 1 heterocycles. The molecular weight excluding hydrogens is 268 g/mol. The number of nitrogens with zero attached hydrogens (tertiary/aromatic N) is 1. The standard InChI is InChI=1S/C16H22N2O3/c1-11-2-4-14(17)13(10-11)16(21)18-8-6-12(7-9-18)3-5-15(19)20/h2,4,10,12H,3,5-9,17H2,1H3,(H,19,20). The number of carboxylic acid groups (broad SMARTS) is 1. The van der Waals surface area contributed by atoms with Crippen molar-refractivity contribution in [1.82, 2.24) is 4.90 Å². The monoisotopic (exact) mass is 290 g/mol. The highest BCUT2D eigenvalue weighted by Gasteiger charge is 2.25. The Morgan fingerprint density at radius 3 is 2.62 bits per heavy atom. The summed E-state index contributed by atoms with van der Waals surface area (Å²) < 4.78 is 0. The first-order valence-electron chi connectivity index (χ1n) is 7.34. The van der Waals surface area contributed by atoms with Gasteiger partial charge >= 0.3 is 5.97 Å². The zero-order valence-electron chi connectivity index (χ0n) is 12.3. The summed E-state index contributed by atoms with van der Waals surface area (Å²) >= 11 is 0. The van der Waals surface area contributed by atoms with Crippen LogP contribution in [0.3, 0.4) is 0 Å². The minimum absolute atomic E-state index is 0.0205. The average molecular weight is 290 g/mol. The molecule has 5 heteroatoms. The van der Waals surface area contributed by atoms with E-state index in [4.69, 9.17) is 10.8 Å². The van der Waals surface area contributed by atoms with Crippen LogP contribution in [0.15, 0.2) is 18.2 Å². The van der Waals surface area contributed by atoms with Gasteiger partial charge in [-0.3, -0.25) is 9.59 Å². The second kappa shape index (κ2) is 6.61. The first-order chi connectivity index (χ1) is 9.97. The molecule has 1 aliphatic heterocycles. The second-order valence-electron chi connectivity index (χ2n) is 5.76. The number of anilines is 1. The van der Waals surface area contributed by atoms with Crippen LogP contribution in [-0.4, -0.2) is 35.0 Å². The molecule has 114 valence electrons. The van der Waals surface area contributed by atoms with Crippen molar-refractivity contribution in [2.24, 2.45) is 5.92 Å². The molecule has 1 aromatic carbocycles. The number of aryl methyl sites for hydroxylation is 1. The number of hydrogen-bond acceptors (Lipinski definition) is 3. The van der Waals surface area contributed by atoms with Gasteiger partial charge in [-0.15, -0.1) is 0 Å². The van der Waals surface area contributed by atoms with Gasteiger partial charge in [0.25, 0.3) is 5.91 Å². The van der Waals surface area contributed by atoms with E-state index >= 15 is 0 Å². The number of aliphatic carboxylic acids is 1. The first kappa shape index (κ1) is 15.4. The fourth-order valence-corrected chi connectivity index (χ4v) is 2.78. The molecule has 21 heavy (non-hydrogen) atoms. The Labute approximate surface area is 124 Å². The van der Waals surface area contributed by atoms with E-state index in [1.54, 1.807) is 6.07 Å². The van der Waals surface area contributed by atoms with Gasteiger partial charge < -0.3 is 15.7 Å². The fourth-order valence-electron chi connectivity index (χ4n) is 2.78. The van der Waals surface area contributed by atoms with E-state index < -0.39 is 5.97 Å². The minimum atomic E-state index is -0.749. The van der Waals surface area contributed by atoms with Gasteiger partial charge in [0.2, 0.25) is 0 Å². The summed E-state index contributed by atoms with van der Waals surface area (Å²) in [5, 5.41) is 8.71. The van der Waals surface area contributed by atoms with E-state index in [1.165, 1.54) is 0 Å². The Morgan fingerprint density at radius 1 is 1.33 bits per heavy atom. The molecule has 0 unspecified atom stereocenters. The minimum Gasteiger partial charge on any atom is -0.481 e. The smallest absolute Gasteiger partial charge is 0.303 e. The van der Waals surface area contributed by atoms with Crippen molar-refractivity contribution >= 4 is 17.6 Å². The van der Waals surface area contributed by atoms with Crippen LogP contribution in [0, 0.1) is 12.8 Å². The normalized spacial score (nSPS) is 16.0.